The molecule has 0 aromatic heterocycles. The second-order valence-corrected chi connectivity index (χ2v) is 2.90. The Balaban J connectivity index is 3.07. The van der Waals surface area contributed by atoms with Crippen molar-refractivity contribution in [2.24, 2.45) is 0 Å². The summed E-state index contributed by atoms with van der Waals surface area (Å²) in [4.78, 5) is 4.14. The Morgan fingerprint density at radius 3 is 2.22 bits per heavy atom. The maximum atomic E-state index is 9.29. The van der Waals surface area contributed by atoms with Crippen molar-refractivity contribution in [3.8, 4) is 0 Å². The van der Waals surface area contributed by atoms with E-state index in [0.717, 1.165) is 11.0 Å². The molecule has 0 radical (unpaired) electrons. The van der Waals surface area contributed by atoms with E-state index in [9.17, 15) is 5.26 Å². The highest BCUT2D eigenvalue weighted by atomic mass is 17.5. The highest BCUT2D eigenvalue weighted by molar-refractivity contribution is 4.21. The van der Waals surface area contributed by atoms with Gasteiger partial charge in [-0.15, -0.1) is 0 Å². The third-order valence-corrected chi connectivity index (χ3v) is 0.894. The Kier molecular flexibility index (Phi) is 3.72. The number of quaternary nitrogens is 1. The molecule has 0 aliphatic heterocycles. The van der Waals surface area contributed by atoms with Crippen molar-refractivity contribution in [1.82, 2.24) is 0 Å². The monoisotopic (exact) mass is 135 g/mol. The Morgan fingerprint density at radius 2 is 1.89 bits per heavy atom. The van der Waals surface area contributed by atoms with Crippen molar-refractivity contribution in [1.29, 1.82) is 0 Å². The molecule has 0 N–H and O–H groups in total. The summed E-state index contributed by atoms with van der Waals surface area (Å²) >= 11 is 0. The predicted octanol–water partition coefficient (Wildman–Crippen LogP) is -1.08. The number of hydrogen-bond donors (Lipinski definition) is 0. The Labute approximate surface area is 55.0 Å². The van der Waals surface area contributed by atoms with Crippen molar-refractivity contribution >= 4 is 0 Å². The van der Waals surface area contributed by atoms with E-state index < -0.39 is 0 Å². The number of nitrogens with zero attached hydrogens (tertiary/aromatic N) is 1. The lowest BCUT2D eigenvalue weighted by Gasteiger charge is -2.23. The van der Waals surface area contributed by atoms with Crippen LogP contribution in [0.15, 0.2) is 0 Å². The van der Waals surface area contributed by atoms with E-state index in [1.54, 1.807) is 0 Å². The van der Waals surface area contributed by atoms with Crippen LogP contribution in [0.4, 0.5) is 0 Å². The second-order valence-electron chi connectivity index (χ2n) is 2.90. The summed E-state index contributed by atoms with van der Waals surface area (Å²) in [5.74, 6) is 0. The van der Waals surface area contributed by atoms with Gasteiger partial charge in [0, 0.05) is 0 Å². The van der Waals surface area contributed by atoms with Gasteiger partial charge in [0.05, 0.1) is 21.1 Å². The number of rotatable bonds is 4. The molecule has 9 heavy (non-hydrogen) atoms. The molecule has 0 bridgehead atoms. The van der Waals surface area contributed by atoms with Crippen LogP contribution in [0.2, 0.25) is 0 Å². The minimum Gasteiger partial charge on any atom is -0.692 e. The van der Waals surface area contributed by atoms with Crippen molar-refractivity contribution in [2.45, 2.75) is 0 Å². The van der Waals surface area contributed by atoms with Gasteiger partial charge in [-0.3, -0.25) is 5.04 Å². The summed E-state index contributed by atoms with van der Waals surface area (Å²) in [7, 11) is 6.02. The summed E-state index contributed by atoms with van der Waals surface area (Å²) in [6, 6.07) is 0. The Bertz CT molecular complexity index is 69.1. The fraction of sp³-hybridized carbons (Fsp3) is 1.00. The van der Waals surface area contributed by atoms with Crippen molar-refractivity contribution in [3.05, 3.63) is 0 Å². The molecule has 0 heterocycles. The first-order chi connectivity index (χ1) is 4.06. The standard InChI is InChI=1S/C5H13NO3/c1-6(2,3)4-5-8-9-7/h4-5H2,1-3H3. The van der Waals surface area contributed by atoms with Gasteiger partial charge < -0.3 is 9.74 Å². The van der Waals surface area contributed by atoms with E-state index >= 15 is 0 Å². The lowest BCUT2D eigenvalue weighted by atomic mass is 10.5. The van der Waals surface area contributed by atoms with Crippen LogP contribution in [0.3, 0.4) is 0 Å². The van der Waals surface area contributed by atoms with Crippen LogP contribution in [-0.4, -0.2) is 38.8 Å². The van der Waals surface area contributed by atoms with E-state index in [1.165, 1.54) is 0 Å². The zero-order valence-corrected chi connectivity index (χ0v) is 6.09. The largest absolute Gasteiger partial charge is 0.692 e. The molecule has 0 fully saturated rings. The molecular weight excluding hydrogens is 122 g/mol. The first-order valence-corrected chi connectivity index (χ1v) is 2.78. The second kappa shape index (κ2) is 3.79. The van der Waals surface area contributed by atoms with Crippen molar-refractivity contribution in [2.75, 3.05) is 34.3 Å². The van der Waals surface area contributed by atoms with Gasteiger partial charge in [-0.05, 0) is 0 Å². The molecule has 0 atom stereocenters. The first-order valence-electron chi connectivity index (χ1n) is 2.78. The van der Waals surface area contributed by atoms with Gasteiger partial charge in [-0.25, -0.2) is 4.89 Å². The highest BCUT2D eigenvalue weighted by Gasteiger charge is 2.04. The summed E-state index contributed by atoms with van der Waals surface area (Å²) < 4.78 is 0.767. The fourth-order valence-corrected chi connectivity index (χ4v) is 0.345. The molecule has 0 aromatic rings. The third kappa shape index (κ3) is 7.84. The van der Waals surface area contributed by atoms with Crippen LogP contribution >= 0.6 is 0 Å². The smallest absolute Gasteiger partial charge is 0.130 e. The van der Waals surface area contributed by atoms with E-state index in [0.29, 0.717) is 6.61 Å². The molecule has 0 rings (SSSR count). The Morgan fingerprint density at radius 1 is 1.33 bits per heavy atom. The van der Waals surface area contributed by atoms with Crippen LogP contribution < -0.4 is 5.26 Å². The lowest BCUT2D eigenvalue weighted by molar-refractivity contribution is -0.878. The quantitative estimate of drug-likeness (QED) is 0.213. The molecule has 4 nitrogen and oxygen atoms in total. The van der Waals surface area contributed by atoms with Gasteiger partial charge in [0.1, 0.15) is 13.2 Å². The van der Waals surface area contributed by atoms with E-state index in [-0.39, 0.29) is 0 Å². The van der Waals surface area contributed by atoms with Crippen LogP contribution in [0.5, 0.6) is 0 Å². The van der Waals surface area contributed by atoms with E-state index in [2.05, 4.69) is 9.93 Å². The summed E-state index contributed by atoms with van der Waals surface area (Å²) in [5.41, 5.74) is 0. The van der Waals surface area contributed by atoms with Gasteiger partial charge in [0.25, 0.3) is 0 Å². The number of likely N-dealkylation sites (N-methyl/N-ethyl adjacent to an activating group) is 1. The van der Waals surface area contributed by atoms with Gasteiger partial charge in [-0.2, -0.15) is 0 Å². The molecule has 0 aliphatic rings. The minimum absolute atomic E-state index is 0.340. The molecule has 0 amide bonds. The molecule has 0 aliphatic carbocycles. The van der Waals surface area contributed by atoms with Crippen LogP contribution in [0.25, 0.3) is 0 Å². The molecule has 4 heteroatoms. The van der Waals surface area contributed by atoms with Crippen LogP contribution in [0.1, 0.15) is 0 Å². The predicted molar refractivity (Wildman–Crippen MR) is 29.9 cm³/mol. The zero-order chi connectivity index (χ0) is 7.33. The van der Waals surface area contributed by atoms with Gasteiger partial charge in [0.2, 0.25) is 0 Å². The van der Waals surface area contributed by atoms with Gasteiger partial charge >= 0.3 is 0 Å². The molecule has 0 aromatic carbocycles. The zero-order valence-electron chi connectivity index (χ0n) is 6.09. The average molecular weight is 135 g/mol. The van der Waals surface area contributed by atoms with Gasteiger partial charge in [-0.1, -0.05) is 0 Å². The normalized spacial score (nSPS) is 12.0. The number of hydrogen-bond acceptors (Lipinski definition) is 3. The summed E-state index contributed by atoms with van der Waals surface area (Å²) in [6.07, 6.45) is 0. The highest BCUT2D eigenvalue weighted by Crippen LogP contribution is 1.87. The fourth-order valence-electron chi connectivity index (χ4n) is 0.345. The lowest BCUT2D eigenvalue weighted by Crippen LogP contribution is -2.37. The van der Waals surface area contributed by atoms with Crippen LogP contribution in [-0.2, 0) is 9.93 Å². The SMILES string of the molecule is C[N+](C)(C)CCOO[O-]. The van der Waals surface area contributed by atoms with Crippen molar-refractivity contribution < 1.29 is 19.7 Å². The van der Waals surface area contributed by atoms with Gasteiger partial charge in [0.15, 0.2) is 0 Å². The molecule has 56 valence electrons. The maximum Gasteiger partial charge on any atom is 0.130 e. The first kappa shape index (κ1) is 8.84. The third-order valence-electron chi connectivity index (χ3n) is 0.894. The maximum absolute atomic E-state index is 9.29. The molecular formula is C5H13NO3. The topological polar surface area (TPSA) is 41.5 Å². The summed E-state index contributed by atoms with van der Waals surface area (Å²) in [5, 5.41) is 12.5. The summed E-state index contributed by atoms with van der Waals surface area (Å²) in [6.45, 7) is 1.11. The molecule has 0 spiro atoms. The van der Waals surface area contributed by atoms with Crippen molar-refractivity contribution in [3.63, 3.8) is 0 Å². The molecule has 0 saturated carbocycles. The molecule has 0 saturated heterocycles. The van der Waals surface area contributed by atoms with Crippen LogP contribution in [0, 0.1) is 0 Å². The van der Waals surface area contributed by atoms with E-state index in [1.807, 2.05) is 21.1 Å². The average Bonchev–Trinajstić information content (AvgIpc) is 1.63. The molecule has 0 unspecified atom stereocenters. The minimum atomic E-state index is 0.340. The Hall–Kier alpha value is -0.160. The van der Waals surface area contributed by atoms with E-state index in [4.69, 9.17) is 0 Å².